The van der Waals surface area contributed by atoms with Crippen molar-refractivity contribution in [2.75, 3.05) is 0 Å². The van der Waals surface area contributed by atoms with Gasteiger partial charge in [0, 0.05) is 6.42 Å². The zero-order chi connectivity index (χ0) is 9.14. The van der Waals surface area contributed by atoms with Crippen LogP contribution in [0.3, 0.4) is 0 Å². The summed E-state index contributed by atoms with van der Waals surface area (Å²) >= 11 is 0. The van der Waals surface area contributed by atoms with Crippen molar-refractivity contribution in [2.45, 2.75) is 19.4 Å². The topological polar surface area (TPSA) is 89.4 Å². The van der Waals surface area contributed by atoms with E-state index in [-0.39, 0.29) is 6.42 Å². The second kappa shape index (κ2) is 3.36. The summed E-state index contributed by atoms with van der Waals surface area (Å²) in [5, 5.41) is 8.48. The first-order valence-electron chi connectivity index (χ1n) is 3.48. The predicted molar refractivity (Wildman–Crippen MR) is 40.6 cm³/mol. The number of aliphatic carboxylic acids is 1. The number of rotatable bonds is 3. The molecule has 5 nitrogen and oxygen atoms in total. The van der Waals surface area contributed by atoms with Gasteiger partial charge in [-0.2, -0.15) is 0 Å². The molecule has 0 amide bonds. The maximum atomic E-state index is 10.3. The molecule has 0 fully saturated rings. The van der Waals surface area contributed by atoms with Gasteiger partial charge in [-0.05, 0) is 6.92 Å². The second-order valence-corrected chi connectivity index (χ2v) is 2.51. The Kier molecular flexibility index (Phi) is 2.44. The quantitative estimate of drug-likeness (QED) is 0.663. The van der Waals surface area contributed by atoms with Crippen molar-refractivity contribution >= 4 is 5.97 Å². The molecule has 0 saturated carbocycles. The van der Waals surface area contributed by atoms with E-state index in [2.05, 4.69) is 4.98 Å². The van der Waals surface area contributed by atoms with Gasteiger partial charge in [0.05, 0.1) is 5.69 Å². The predicted octanol–water partition coefficient (Wildman–Crippen LogP) is -0.0626. The lowest BCUT2D eigenvalue weighted by molar-refractivity contribution is -0.138. The maximum absolute atomic E-state index is 10.3. The van der Waals surface area contributed by atoms with Crippen LogP contribution in [0.5, 0.6) is 0 Å². The van der Waals surface area contributed by atoms with Crippen LogP contribution in [-0.2, 0) is 11.2 Å². The Bertz CT molecular complexity index is 282. The molecule has 1 atom stereocenters. The summed E-state index contributed by atoms with van der Waals surface area (Å²) in [6.07, 6.45) is 1.46. The molecule has 1 aromatic rings. The molecule has 5 heteroatoms. The number of nitrogens with two attached hydrogens (primary N) is 1. The second-order valence-electron chi connectivity index (χ2n) is 2.51. The van der Waals surface area contributed by atoms with Crippen LogP contribution < -0.4 is 5.73 Å². The molecule has 3 N–H and O–H groups in total. The Morgan fingerprint density at radius 2 is 2.58 bits per heavy atom. The third kappa shape index (κ3) is 1.82. The standard InChI is InChI=1S/C7H10N2O3/c1-4-6(12-3-9-4)2-5(8)7(10)11/h3,5H,2,8H2,1H3,(H,10,11). The summed E-state index contributed by atoms with van der Waals surface area (Å²) in [6, 6.07) is -0.920. The zero-order valence-corrected chi connectivity index (χ0v) is 6.65. The number of carbonyl (C=O) groups is 1. The van der Waals surface area contributed by atoms with Crippen molar-refractivity contribution in [1.82, 2.24) is 4.98 Å². The van der Waals surface area contributed by atoms with Crippen LogP contribution in [0.25, 0.3) is 0 Å². The molecule has 1 aromatic heterocycles. The fourth-order valence-electron chi connectivity index (χ4n) is 0.809. The number of hydrogen-bond donors (Lipinski definition) is 2. The van der Waals surface area contributed by atoms with Gasteiger partial charge >= 0.3 is 5.97 Å². The van der Waals surface area contributed by atoms with E-state index < -0.39 is 12.0 Å². The maximum Gasteiger partial charge on any atom is 0.320 e. The van der Waals surface area contributed by atoms with E-state index >= 15 is 0 Å². The van der Waals surface area contributed by atoms with Gasteiger partial charge in [0.2, 0.25) is 0 Å². The van der Waals surface area contributed by atoms with E-state index in [0.29, 0.717) is 11.5 Å². The van der Waals surface area contributed by atoms with Crippen LogP contribution in [0.1, 0.15) is 11.5 Å². The summed E-state index contributed by atoms with van der Waals surface area (Å²) in [7, 11) is 0. The molecule has 0 aromatic carbocycles. The summed E-state index contributed by atoms with van der Waals surface area (Å²) in [4.78, 5) is 14.2. The van der Waals surface area contributed by atoms with E-state index in [9.17, 15) is 4.79 Å². The van der Waals surface area contributed by atoms with Gasteiger partial charge in [0.25, 0.3) is 0 Å². The van der Waals surface area contributed by atoms with Crippen LogP contribution in [0.2, 0.25) is 0 Å². The number of aryl methyl sites for hydroxylation is 1. The van der Waals surface area contributed by atoms with Gasteiger partial charge in [0.1, 0.15) is 11.8 Å². The van der Waals surface area contributed by atoms with Crippen molar-refractivity contribution in [3.05, 3.63) is 17.8 Å². The van der Waals surface area contributed by atoms with E-state index in [1.54, 1.807) is 6.92 Å². The Labute approximate surface area is 69.2 Å². The normalized spacial score (nSPS) is 12.8. The van der Waals surface area contributed by atoms with Crippen LogP contribution in [0, 0.1) is 6.92 Å². The minimum atomic E-state index is -1.04. The highest BCUT2D eigenvalue weighted by molar-refractivity contribution is 5.73. The Balaban J connectivity index is 2.64. The lowest BCUT2D eigenvalue weighted by Gasteiger charge is -2.02. The molecule has 66 valence electrons. The molecule has 0 aliphatic rings. The molecule has 0 radical (unpaired) electrons. The van der Waals surface area contributed by atoms with Crippen molar-refractivity contribution in [1.29, 1.82) is 0 Å². The summed E-state index contributed by atoms with van der Waals surface area (Å²) in [5.74, 6) is -0.504. The number of aromatic nitrogens is 1. The lowest BCUT2D eigenvalue weighted by Crippen LogP contribution is -2.32. The minimum Gasteiger partial charge on any atom is -0.480 e. The van der Waals surface area contributed by atoms with Crippen LogP contribution in [0.4, 0.5) is 0 Å². The third-order valence-electron chi connectivity index (χ3n) is 1.57. The molecule has 0 saturated heterocycles. The van der Waals surface area contributed by atoms with Gasteiger partial charge in [-0.1, -0.05) is 0 Å². The third-order valence-corrected chi connectivity index (χ3v) is 1.57. The van der Waals surface area contributed by atoms with E-state index in [1.807, 2.05) is 0 Å². The molecular formula is C7H10N2O3. The number of carboxylic acid groups (broad SMARTS) is 1. The van der Waals surface area contributed by atoms with Gasteiger partial charge in [-0.25, -0.2) is 4.98 Å². The molecule has 0 bridgehead atoms. The highest BCUT2D eigenvalue weighted by Gasteiger charge is 2.15. The number of carboxylic acids is 1. The molecule has 1 rings (SSSR count). The Morgan fingerprint density at radius 3 is 3.00 bits per heavy atom. The summed E-state index contributed by atoms with van der Waals surface area (Å²) < 4.78 is 4.93. The average Bonchev–Trinajstić information content (AvgIpc) is 2.36. The molecule has 12 heavy (non-hydrogen) atoms. The molecule has 0 spiro atoms. The Morgan fingerprint density at radius 1 is 1.92 bits per heavy atom. The molecular weight excluding hydrogens is 160 g/mol. The monoisotopic (exact) mass is 170 g/mol. The van der Waals surface area contributed by atoms with Crippen LogP contribution in [0.15, 0.2) is 10.8 Å². The van der Waals surface area contributed by atoms with Crippen molar-refractivity contribution < 1.29 is 14.3 Å². The Hall–Kier alpha value is -1.36. The van der Waals surface area contributed by atoms with Gasteiger partial charge in [-0.15, -0.1) is 0 Å². The number of oxazole rings is 1. The smallest absolute Gasteiger partial charge is 0.320 e. The fraction of sp³-hybridized carbons (Fsp3) is 0.429. The van der Waals surface area contributed by atoms with Crippen molar-refractivity contribution in [3.63, 3.8) is 0 Å². The molecule has 0 aliphatic heterocycles. The highest BCUT2D eigenvalue weighted by Crippen LogP contribution is 2.06. The first kappa shape index (κ1) is 8.73. The molecule has 0 aliphatic carbocycles. The van der Waals surface area contributed by atoms with Crippen molar-refractivity contribution in [3.8, 4) is 0 Å². The van der Waals surface area contributed by atoms with Gasteiger partial charge in [-0.3, -0.25) is 4.79 Å². The molecule has 1 heterocycles. The summed E-state index contributed by atoms with van der Waals surface area (Å²) in [6.45, 7) is 1.74. The fourth-order valence-corrected chi connectivity index (χ4v) is 0.809. The molecule has 1 unspecified atom stereocenters. The summed E-state index contributed by atoms with van der Waals surface area (Å²) in [5.41, 5.74) is 5.98. The van der Waals surface area contributed by atoms with Crippen LogP contribution >= 0.6 is 0 Å². The van der Waals surface area contributed by atoms with Gasteiger partial charge < -0.3 is 15.3 Å². The number of nitrogens with zero attached hydrogens (tertiary/aromatic N) is 1. The average molecular weight is 170 g/mol. The van der Waals surface area contributed by atoms with E-state index in [0.717, 1.165) is 0 Å². The van der Waals surface area contributed by atoms with E-state index in [1.165, 1.54) is 6.39 Å². The van der Waals surface area contributed by atoms with Crippen LogP contribution in [-0.4, -0.2) is 22.1 Å². The minimum absolute atomic E-state index is 0.182. The van der Waals surface area contributed by atoms with Gasteiger partial charge in [0.15, 0.2) is 6.39 Å². The first-order valence-corrected chi connectivity index (χ1v) is 3.48. The lowest BCUT2D eigenvalue weighted by atomic mass is 10.1. The van der Waals surface area contributed by atoms with E-state index in [4.69, 9.17) is 15.3 Å². The largest absolute Gasteiger partial charge is 0.480 e. The SMILES string of the molecule is Cc1ncoc1CC(N)C(=O)O. The first-order chi connectivity index (χ1) is 5.61. The van der Waals surface area contributed by atoms with Crippen molar-refractivity contribution in [2.24, 2.45) is 5.73 Å². The zero-order valence-electron chi connectivity index (χ0n) is 6.65. The number of hydrogen-bond acceptors (Lipinski definition) is 4. The highest BCUT2D eigenvalue weighted by atomic mass is 16.4.